The van der Waals surface area contributed by atoms with Crippen LogP contribution in [0.1, 0.15) is 33.6 Å². The third-order valence-corrected chi connectivity index (χ3v) is 1.74. The molecular formula is C11H18O2. The molecule has 0 aliphatic heterocycles. The van der Waals surface area contributed by atoms with Crippen LogP contribution in [-0.2, 0) is 9.53 Å². The number of carbonyl (C=O) groups excluding carboxylic acids is 1. The summed E-state index contributed by atoms with van der Waals surface area (Å²) in [5.41, 5.74) is 1.79. The van der Waals surface area contributed by atoms with Crippen molar-refractivity contribution in [1.82, 2.24) is 0 Å². The maximum Gasteiger partial charge on any atom is 0.333 e. The molecule has 0 aromatic carbocycles. The fourth-order valence-corrected chi connectivity index (χ4v) is 0.770. The Morgan fingerprint density at radius 3 is 2.54 bits per heavy atom. The van der Waals surface area contributed by atoms with E-state index in [-0.39, 0.29) is 5.97 Å². The Kier molecular flexibility index (Phi) is 5.94. The fraction of sp³-hybridized carbons (Fsp3) is 0.545. The van der Waals surface area contributed by atoms with Gasteiger partial charge in [0.1, 0.15) is 0 Å². The van der Waals surface area contributed by atoms with Crippen molar-refractivity contribution in [3.8, 4) is 0 Å². The number of allylic oxidation sites excluding steroid dienone is 2. The number of rotatable bonds is 5. The minimum absolute atomic E-state index is 0.218. The van der Waals surface area contributed by atoms with E-state index in [9.17, 15) is 4.79 Å². The average Bonchev–Trinajstić information content (AvgIpc) is 2.10. The SMILES string of the molecule is C=C(C)CCCOC(=O)/C(C)=C\C. The van der Waals surface area contributed by atoms with E-state index in [2.05, 4.69) is 6.58 Å². The van der Waals surface area contributed by atoms with Gasteiger partial charge in [0.2, 0.25) is 0 Å². The molecule has 13 heavy (non-hydrogen) atoms. The predicted octanol–water partition coefficient (Wildman–Crippen LogP) is 2.85. The molecule has 74 valence electrons. The van der Waals surface area contributed by atoms with E-state index in [0.29, 0.717) is 12.2 Å². The van der Waals surface area contributed by atoms with E-state index in [1.165, 1.54) is 0 Å². The number of hydrogen-bond acceptors (Lipinski definition) is 2. The third kappa shape index (κ3) is 6.14. The smallest absolute Gasteiger partial charge is 0.333 e. The molecule has 0 aliphatic carbocycles. The Morgan fingerprint density at radius 1 is 1.46 bits per heavy atom. The van der Waals surface area contributed by atoms with Crippen molar-refractivity contribution in [3.05, 3.63) is 23.8 Å². The molecule has 0 aliphatic rings. The first-order valence-corrected chi connectivity index (χ1v) is 4.52. The van der Waals surface area contributed by atoms with Gasteiger partial charge in [-0.05, 0) is 33.6 Å². The van der Waals surface area contributed by atoms with Gasteiger partial charge in [-0.25, -0.2) is 4.79 Å². The van der Waals surface area contributed by atoms with Crippen LogP contribution in [-0.4, -0.2) is 12.6 Å². The highest BCUT2D eigenvalue weighted by atomic mass is 16.5. The van der Waals surface area contributed by atoms with Crippen LogP contribution in [0.25, 0.3) is 0 Å². The van der Waals surface area contributed by atoms with E-state index in [4.69, 9.17) is 4.74 Å². The van der Waals surface area contributed by atoms with Crippen LogP contribution in [0.5, 0.6) is 0 Å². The van der Waals surface area contributed by atoms with Gasteiger partial charge in [-0.1, -0.05) is 11.6 Å². The van der Waals surface area contributed by atoms with Gasteiger partial charge in [-0.2, -0.15) is 0 Å². The summed E-state index contributed by atoms with van der Waals surface area (Å²) in [7, 11) is 0. The quantitative estimate of drug-likeness (QED) is 0.283. The summed E-state index contributed by atoms with van der Waals surface area (Å²) in [6.07, 6.45) is 3.53. The van der Waals surface area contributed by atoms with Crippen molar-refractivity contribution in [2.45, 2.75) is 33.6 Å². The zero-order chi connectivity index (χ0) is 10.3. The summed E-state index contributed by atoms with van der Waals surface area (Å²) < 4.78 is 5.00. The van der Waals surface area contributed by atoms with Crippen molar-refractivity contribution in [1.29, 1.82) is 0 Å². The van der Waals surface area contributed by atoms with Crippen molar-refractivity contribution in [3.63, 3.8) is 0 Å². The zero-order valence-corrected chi connectivity index (χ0v) is 8.72. The van der Waals surface area contributed by atoms with E-state index >= 15 is 0 Å². The molecule has 0 aromatic rings. The molecule has 2 heteroatoms. The second kappa shape index (κ2) is 6.46. The van der Waals surface area contributed by atoms with Gasteiger partial charge >= 0.3 is 5.97 Å². The molecule has 0 aromatic heterocycles. The highest BCUT2D eigenvalue weighted by Crippen LogP contribution is 2.02. The maximum absolute atomic E-state index is 11.1. The molecule has 0 radical (unpaired) electrons. The summed E-state index contributed by atoms with van der Waals surface area (Å²) in [6, 6.07) is 0. The normalized spacial score (nSPS) is 11.2. The molecule has 0 saturated heterocycles. The Morgan fingerprint density at radius 2 is 2.08 bits per heavy atom. The number of esters is 1. The molecule has 0 unspecified atom stereocenters. The lowest BCUT2D eigenvalue weighted by Crippen LogP contribution is -2.06. The van der Waals surface area contributed by atoms with Crippen LogP contribution in [0.15, 0.2) is 23.8 Å². The lowest BCUT2D eigenvalue weighted by Gasteiger charge is -2.03. The van der Waals surface area contributed by atoms with Gasteiger partial charge in [0.25, 0.3) is 0 Å². The fourth-order valence-electron chi connectivity index (χ4n) is 0.770. The van der Waals surface area contributed by atoms with Crippen molar-refractivity contribution in [2.24, 2.45) is 0 Å². The molecule has 0 heterocycles. The van der Waals surface area contributed by atoms with Gasteiger partial charge in [-0.15, -0.1) is 6.58 Å². The average molecular weight is 182 g/mol. The number of hydrogen-bond donors (Lipinski definition) is 0. The van der Waals surface area contributed by atoms with Gasteiger partial charge < -0.3 is 4.74 Å². The highest BCUT2D eigenvalue weighted by Gasteiger charge is 2.02. The second-order valence-electron chi connectivity index (χ2n) is 3.17. The van der Waals surface area contributed by atoms with E-state index in [1.807, 2.05) is 13.8 Å². The molecule has 0 saturated carbocycles. The largest absolute Gasteiger partial charge is 0.462 e. The van der Waals surface area contributed by atoms with Crippen LogP contribution >= 0.6 is 0 Å². The van der Waals surface area contributed by atoms with Crippen LogP contribution in [0.2, 0.25) is 0 Å². The summed E-state index contributed by atoms with van der Waals surface area (Å²) in [4.78, 5) is 11.1. The summed E-state index contributed by atoms with van der Waals surface area (Å²) in [5.74, 6) is -0.218. The van der Waals surface area contributed by atoms with Crippen LogP contribution < -0.4 is 0 Å². The molecule has 0 N–H and O–H groups in total. The van der Waals surface area contributed by atoms with Crippen LogP contribution in [0.3, 0.4) is 0 Å². The molecule has 0 amide bonds. The Labute approximate surface area is 80.3 Å². The zero-order valence-electron chi connectivity index (χ0n) is 8.72. The first-order chi connectivity index (χ1) is 6.07. The summed E-state index contributed by atoms with van der Waals surface area (Å²) in [6.45, 7) is 9.80. The second-order valence-corrected chi connectivity index (χ2v) is 3.17. The maximum atomic E-state index is 11.1. The first kappa shape index (κ1) is 11.9. The minimum atomic E-state index is -0.218. The van der Waals surface area contributed by atoms with Gasteiger partial charge in [-0.3, -0.25) is 0 Å². The van der Waals surface area contributed by atoms with E-state index in [1.54, 1.807) is 13.0 Å². The monoisotopic (exact) mass is 182 g/mol. The van der Waals surface area contributed by atoms with E-state index in [0.717, 1.165) is 18.4 Å². The molecule has 0 spiro atoms. The summed E-state index contributed by atoms with van der Waals surface area (Å²) >= 11 is 0. The third-order valence-electron chi connectivity index (χ3n) is 1.74. The lowest BCUT2D eigenvalue weighted by molar-refractivity contribution is -0.139. The molecule has 0 fully saturated rings. The van der Waals surface area contributed by atoms with Gasteiger partial charge in [0.05, 0.1) is 6.61 Å². The molecule has 2 nitrogen and oxygen atoms in total. The van der Waals surface area contributed by atoms with Crippen LogP contribution in [0.4, 0.5) is 0 Å². The first-order valence-electron chi connectivity index (χ1n) is 4.52. The number of ether oxygens (including phenoxy) is 1. The van der Waals surface area contributed by atoms with Gasteiger partial charge in [0, 0.05) is 5.57 Å². The Bertz CT molecular complexity index is 214. The molecular weight excluding hydrogens is 164 g/mol. The summed E-state index contributed by atoms with van der Waals surface area (Å²) in [5, 5.41) is 0. The number of carbonyl (C=O) groups is 1. The van der Waals surface area contributed by atoms with Crippen molar-refractivity contribution < 1.29 is 9.53 Å². The minimum Gasteiger partial charge on any atom is -0.462 e. The van der Waals surface area contributed by atoms with Crippen LogP contribution in [0, 0.1) is 0 Å². The van der Waals surface area contributed by atoms with Crippen molar-refractivity contribution in [2.75, 3.05) is 6.61 Å². The Hall–Kier alpha value is -1.05. The van der Waals surface area contributed by atoms with Crippen molar-refractivity contribution >= 4 is 5.97 Å². The Balaban J connectivity index is 3.54. The molecule has 0 atom stereocenters. The molecule has 0 bridgehead atoms. The molecule has 0 rings (SSSR count). The van der Waals surface area contributed by atoms with Gasteiger partial charge in [0.15, 0.2) is 0 Å². The standard InChI is InChI=1S/C11H18O2/c1-5-10(4)11(12)13-8-6-7-9(2)3/h5H,2,6-8H2,1,3-4H3/b10-5-. The predicted molar refractivity (Wildman–Crippen MR) is 54.4 cm³/mol. The lowest BCUT2D eigenvalue weighted by atomic mass is 10.2. The highest BCUT2D eigenvalue weighted by molar-refractivity contribution is 5.87. The topological polar surface area (TPSA) is 26.3 Å². The van der Waals surface area contributed by atoms with E-state index < -0.39 is 0 Å².